The maximum absolute atomic E-state index is 12.8. The molecule has 1 aliphatic heterocycles. The fraction of sp³-hybridized carbons (Fsp3) is 0.632. The van der Waals surface area contributed by atoms with Crippen LogP contribution < -0.4 is 5.32 Å². The third-order valence-corrected chi connectivity index (χ3v) is 7.32. The van der Waals surface area contributed by atoms with Crippen LogP contribution in [-0.4, -0.2) is 51.0 Å². The Kier molecular flexibility index (Phi) is 6.32. The van der Waals surface area contributed by atoms with E-state index in [1.165, 1.54) is 22.9 Å². The number of sulfonamides is 1. The number of carbonyl (C=O) groups is 1. The highest BCUT2D eigenvalue weighted by molar-refractivity contribution is 7.89. The number of amides is 1. The molecule has 1 saturated heterocycles. The predicted octanol–water partition coefficient (Wildman–Crippen LogP) is 2.55. The number of rotatable bonds is 6. The van der Waals surface area contributed by atoms with Crippen LogP contribution in [0.3, 0.4) is 0 Å². The Morgan fingerprint density at radius 3 is 2.42 bits per heavy atom. The lowest BCUT2D eigenvalue weighted by molar-refractivity contribution is 0.0857. The number of nitrogens with one attached hydrogen (secondary N) is 1. The van der Waals surface area contributed by atoms with Crippen LogP contribution in [0.15, 0.2) is 29.2 Å². The molecule has 7 heteroatoms. The molecule has 0 bridgehead atoms. The molecule has 1 unspecified atom stereocenters. The molecule has 0 aromatic heterocycles. The van der Waals surface area contributed by atoms with Gasteiger partial charge in [0.1, 0.15) is 0 Å². The summed E-state index contributed by atoms with van der Waals surface area (Å²) in [5.74, 6) is -0.204. The predicted molar refractivity (Wildman–Crippen MR) is 99.6 cm³/mol. The molecule has 1 heterocycles. The average Bonchev–Trinajstić information content (AvgIpc) is 3.20. The van der Waals surface area contributed by atoms with Gasteiger partial charge in [-0.3, -0.25) is 4.79 Å². The quantitative estimate of drug-likeness (QED) is 0.823. The maximum atomic E-state index is 12.8. The van der Waals surface area contributed by atoms with Crippen molar-refractivity contribution in [1.29, 1.82) is 0 Å². The highest BCUT2D eigenvalue weighted by Crippen LogP contribution is 2.26. The van der Waals surface area contributed by atoms with Crippen molar-refractivity contribution >= 4 is 15.9 Å². The molecule has 1 aliphatic carbocycles. The molecule has 1 atom stereocenters. The minimum Gasteiger partial charge on any atom is -0.376 e. The van der Waals surface area contributed by atoms with Crippen LogP contribution in [0.1, 0.15) is 55.3 Å². The van der Waals surface area contributed by atoms with Crippen molar-refractivity contribution < 1.29 is 17.9 Å². The largest absolute Gasteiger partial charge is 0.376 e. The van der Waals surface area contributed by atoms with Gasteiger partial charge >= 0.3 is 0 Å². The molecule has 1 aromatic carbocycles. The van der Waals surface area contributed by atoms with Crippen molar-refractivity contribution in [2.75, 3.05) is 20.2 Å². The standard InChI is InChI=1S/C19H28N2O4S/c1-21(16-6-3-2-4-7-16)26(23,24)18-11-9-15(10-12-18)19(22)20-14-17-8-5-13-25-17/h9-12,16-17H,2-8,13-14H2,1H3,(H,20,22). The van der Waals surface area contributed by atoms with Gasteiger partial charge in [-0.25, -0.2) is 8.42 Å². The van der Waals surface area contributed by atoms with E-state index < -0.39 is 10.0 Å². The van der Waals surface area contributed by atoms with E-state index in [2.05, 4.69) is 5.32 Å². The molecule has 2 aliphatic rings. The van der Waals surface area contributed by atoms with E-state index in [1.54, 1.807) is 19.2 Å². The molecule has 3 rings (SSSR count). The maximum Gasteiger partial charge on any atom is 0.251 e. The van der Waals surface area contributed by atoms with E-state index in [4.69, 9.17) is 4.74 Å². The summed E-state index contributed by atoms with van der Waals surface area (Å²) in [6.45, 7) is 1.24. The number of carbonyl (C=O) groups excluding carboxylic acids is 1. The highest BCUT2D eigenvalue weighted by atomic mass is 32.2. The lowest BCUT2D eigenvalue weighted by Gasteiger charge is -2.30. The van der Waals surface area contributed by atoms with Crippen molar-refractivity contribution in [3.8, 4) is 0 Å². The Hall–Kier alpha value is -1.44. The third kappa shape index (κ3) is 4.45. The first-order valence-electron chi connectivity index (χ1n) is 9.46. The number of hydrogen-bond acceptors (Lipinski definition) is 4. The summed E-state index contributed by atoms with van der Waals surface area (Å²) in [5, 5.41) is 2.85. The first kappa shape index (κ1) is 19.3. The van der Waals surface area contributed by atoms with Crippen molar-refractivity contribution in [3.05, 3.63) is 29.8 Å². The number of benzene rings is 1. The minimum atomic E-state index is -3.52. The van der Waals surface area contributed by atoms with Crippen LogP contribution in [0.4, 0.5) is 0 Å². The van der Waals surface area contributed by atoms with Crippen molar-refractivity contribution in [2.24, 2.45) is 0 Å². The van der Waals surface area contributed by atoms with Crippen LogP contribution >= 0.6 is 0 Å². The Labute approximate surface area is 156 Å². The SMILES string of the molecule is CN(C1CCCCC1)S(=O)(=O)c1ccc(C(=O)NCC2CCCO2)cc1. The summed E-state index contributed by atoms with van der Waals surface area (Å²) in [5.41, 5.74) is 0.460. The van der Waals surface area contributed by atoms with Gasteiger partial charge in [0.25, 0.3) is 5.91 Å². The van der Waals surface area contributed by atoms with Crippen LogP contribution in [0.2, 0.25) is 0 Å². The van der Waals surface area contributed by atoms with E-state index in [0.29, 0.717) is 12.1 Å². The number of hydrogen-bond donors (Lipinski definition) is 1. The summed E-state index contributed by atoms with van der Waals surface area (Å²) in [7, 11) is -1.86. The Balaban J connectivity index is 1.62. The second-order valence-electron chi connectivity index (χ2n) is 7.18. The van der Waals surface area contributed by atoms with Gasteiger partial charge in [0.15, 0.2) is 0 Å². The fourth-order valence-corrected chi connectivity index (χ4v) is 5.12. The first-order valence-corrected chi connectivity index (χ1v) is 10.9. The van der Waals surface area contributed by atoms with Gasteiger partial charge in [0.2, 0.25) is 10.0 Å². The van der Waals surface area contributed by atoms with Gasteiger partial charge in [-0.2, -0.15) is 4.31 Å². The zero-order chi connectivity index (χ0) is 18.6. The summed E-state index contributed by atoms with van der Waals surface area (Å²) < 4.78 is 32.6. The van der Waals surface area contributed by atoms with Crippen LogP contribution in [0, 0.1) is 0 Å². The monoisotopic (exact) mass is 380 g/mol. The van der Waals surface area contributed by atoms with Crippen LogP contribution in [0.5, 0.6) is 0 Å². The molecule has 0 radical (unpaired) electrons. The Morgan fingerprint density at radius 2 is 1.81 bits per heavy atom. The molecule has 0 spiro atoms. The normalized spacial score (nSPS) is 21.8. The van der Waals surface area contributed by atoms with Gasteiger partial charge in [0.05, 0.1) is 11.0 Å². The van der Waals surface area contributed by atoms with Gasteiger partial charge in [-0.05, 0) is 49.9 Å². The Bertz CT molecular complexity index is 706. The molecule has 1 N–H and O–H groups in total. The van der Waals surface area contributed by atoms with Crippen LogP contribution in [-0.2, 0) is 14.8 Å². The van der Waals surface area contributed by atoms with Gasteiger partial charge in [-0.15, -0.1) is 0 Å². The van der Waals surface area contributed by atoms with E-state index >= 15 is 0 Å². The van der Waals surface area contributed by atoms with Crippen molar-refractivity contribution in [3.63, 3.8) is 0 Å². The summed E-state index contributed by atoms with van der Waals surface area (Å²) in [4.78, 5) is 12.5. The average molecular weight is 381 g/mol. The molecule has 1 aromatic rings. The molecule has 1 saturated carbocycles. The lowest BCUT2D eigenvalue weighted by Crippen LogP contribution is -2.38. The molecule has 2 fully saturated rings. The van der Waals surface area contributed by atoms with Crippen molar-refractivity contribution in [1.82, 2.24) is 9.62 Å². The van der Waals surface area contributed by atoms with E-state index in [-0.39, 0.29) is 22.9 Å². The minimum absolute atomic E-state index is 0.0723. The lowest BCUT2D eigenvalue weighted by atomic mass is 9.96. The number of nitrogens with zero attached hydrogens (tertiary/aromatic N) is 1. The van der Waals surface area contributed by atoms with Gasteiger partial charge in [-0.1, -0.05) is 19.3 Å². The first-order chi connectivity index (χ1) is 12.5. The molecular weight excluding hydrogens is 352 g/mol. The van der Waals surface area contributed by atoms with Gasteiger partial charge < -0.3 is 10.1 Å². The van der Waals surface area contributed by atoms with E-state index in [1.807, 2.05) is 0 Å². The summed E-state index contributed by atoms with van der Waals surface area (Å²) in [6, 6.07) is 6.27. The zero-order valence-corrected chi connectivity index (χ0v) is 16.1. The topological polar surface area (TPSA) is 75.7 Å². The highest BCUT2D eigenvalue weighted by Gasteiger charge is 2.29. The second-order valence-corrected chi connectivity index (χ2v) is 9.18. The Morgan fingerprint density at radius 1 is 1.12 bits per heavy atom. The zero-order valence-electron chi connectivity index (χ0n) is 15.3. The summed E-state index contributed by atoms with van der Waals surface area (Å²) >= 11 is 0. The van der Waals surface area contributed by atoms with Crippen LogP contribution in [0.25, 0.3) is 0 Å². The van der Waals surface area contributed by atoms with E-state index in [9.17, 15) is 13.2 Å². The molecular formula is C19H28N2O4S. The molecule has 1 amide bonds. The second kappa shape index (κ2) is 8.50. The van der Waals surface area contributed by atoms with Gasteiger partial charge in [0, 0.05) is 31.8 Å². The molecule has 6 nitrogen and oxygen atoms in total. The molecule has 144 valence electrons. The fourth-order valence-electron chi connectivity index (χ4n) is 3.70. The molecule has 26 heavy (non-hydrogen) atoms. The smallest absolute Gasteiger partial charge is 0.251 e. The van der Waals surface area contributed by atoms with Crippen molar-refractivity contribution in [2.45, 2.75) is 62.0 Å². The number of ether oxygens (including phenoxy) is 1. The van der Waals surface area contributed by atoms with E-state index in [0.717, 1.165) is 45.1 Å². The summed E-state index contributed by atoms with van der Waals surface area (Å²) in [6.07, 6.45) is 7.25. The third-order valence-electron chi connectivity index (χ3n) is 5.40.